The average molecular weight is 332 g/mol. The van der Waals surface area contributed by atoms with E-state index < -0.39 is 9.84 Å². The molecular weight excluding hydrogens is 320 g/mol. The lowest BCUT2D eigenvalue weighted by atomic mass is 9.87. The zero-order chi connectivity index (χ0) is 9.64. The summed E-state index contributed by atoms with van der Waals surface area (Å²) in [7, 11) is -2.75. The van der Waals surface area contributed by atoms with Gasteiger partial charge in [-0.3, -0.25) is 0 Å². The predicted octanol–water partition coefficient (Wildman–Crippen LogP) is 2.11. The summed E-state index contributed by atoms with van der Waals surface area (Å²) < 4.78 is 23.2. The van der Waals surface area contributed by atoms with Crippen molar-refractivity contribution in [1.29, 1.82) is 0 Å². The van der Waals surface area contributed by atoms with E-state index in [1.54, 1.807) is 0 Å². The van der Waals surface area contributed by atoms with Crippen LogP contribution in [0.15, 0.2) is 0 Å². The molecule has 5 heteroatoms. The minimum atomic E-state index is -2.75. The summed E-state index contributed by atoms with van der Waals surface area (Å²) in [6.45, 7) is 0. The van der Waals surface area contributed by atoms with Gasteiger partial charge in [0.05, 0.1) is 11.0 Å². The Balaban J connectivity index is 2.21. The number of hydrogen-bond acceptors (Lipinski definition) is 2. The van der Waals surface area contributed by atoms with Crippen LogP contribution in [0.25, 0.3) is 0 Å². The molecule has 0 radical (unpaired) electrons. The monoisotopic (exact) mass is 330 g/mol. The molecule has 2 nitrogen and oxygen atoms in total. The van der Waals surface area contributed by atoms with E-state index >= 15 is 0 Å². The summed E-state index contributed by atoms with van der Waals surface area (Å²) in [4.78, 5) is 0.767. The molecule has 1 heterocycles. The molecule has 0 N–H and O–H groups in total. The van der Waals surface area contributed by atoms with Crippen molar-refractivity contribution in [3.05, 3.63) is 0 Å². The molecule has 0 aromatic heterocycles. The first-order valence-corrected chi connectivity index (χ1v) is 8.05. The SMILES string of the molecule is O=S1(=O)CC[C@H]2C[C@H](Br)[C@H](Br)C[C@@H]21. The second-order valence-corrected chi connectivity index (χ2v) is 8.65. The van der Waals surface area contributed by atoms with E-state index in [2.05, 4.69) is 31.9 Å². The third-order valence-corrected chi connectivity index (χ3v) is 8.18. The molecule has 1 aliphatic carbocycles. The lowest BCUT2D eigenvalue weighted by molar-refractivity contribution is 0.392. The maximum absolute atomic E-state index is 11.6. The van der Waals surface area contributed by atoms with E-state index in [1.165, 1.54) is 0 Å². The smallest absolute Gasteiger partial charge is 0.153 e. The molecule has 0 amide bonds. The van der Waals surface area contributed by atoms with E-state index in [0.717, 1.165) is 19.3 Å². The van der Waals surface area contributed by atoms with Gasteiger partial charge in [0.25, 0.3) is 0 Å². The molecule has 0 bridgehead atoms. The van der Waals surface area contributed by atoms with Crippen LogP contribution in [-0.4, -0.2) is 29.1 Å². The molecule has 2 fully saturated rings. The van der Waals surface area contributed by atoms with Gasteiger partial charge in [0, 0.05) is 9.65 Å². The molecule has 13 heavy (non-hydrogen) atoms. The number of fused-ring (bicyclic) bond motifs is 1. The molecule has 2 aliphatic rings. The quantitative estimate of drug-likeness (QED) is 0.637. The van der Waals surface area contributed by atoms with Crippen molar-refractivity contribution in [3.8, 4) is 0 Å². The standard InChI is InChI=1S/C8H12Br2O2S/c9-6-3-5-1-2-13(11,12)8(5)4-7(6)10/h5-8H,1-4H2/t5-,6-,7+,8-/m0/s1. The van der Waals surface area contributed by atoms with Crippen molar-refractivity contribution in [2.45, 2.75) is 34.2 Å². The Bertz CT molecular complexity index is 301. The molecule has 1 aliphatic heterocycles. The Morgan fingerprint density at radius 1 is 1.08 bits per heavy atom. The van der Waals surface area contributed by atoms with Crippen molar-refractivity contribution in [1.82, 2.24) is 0 Å². The number of rotatable bonds is 0. The normalized spacial score (nSPS) is 48.8. The fourth-order valence-electron chi connectivity index (χ4n) is 2.36. The zero-order valence-corrected chi connectivity index (χ0v) is 11.1. The molecule has 0 aromatic rings. The Morgan fingerprint density at radius 3 is 2.38 bits per heavy atom. The Kier molecular flexibility index (Phi) is 2.80. The number of sulfone groups is 1. The lowest BCUT2D eigenvalue weighted by Gasteiger charge is -2.31. The minimum absolute atomic E-state index is 0.0642. The fraction of sp³-hybridized carbons (Fsp3) is 1.00. The van der Waals surface area contributed by atoms with E-state index in [-0.39, 0.29) is 5.25 Å². The van der Waals surface area contributed by atoms with Gasteiger partial charge in [0.2, 0.25) is 0 Å². The lowest BCUT2D eigenvalue weighted by Crippen LogP contribution is -2.36. The molecule has 76 valence electrons. The van der Waals surface area contributed by atoms with Crippen LogP contribution in [0, 0.1) is 5.92 Å². The molecule has 0 unspecified atom stereocenters. The van der Waals surface area contributed by atoms with Crippen LogP contribution in [0.2, 0.25) is 0 Å². The maximum atomic E-state index is 11.6. The van der Waals surface area contributed by atoms with Gasteiger partial charge in [-0.15, -0.1) is 0 Å². The van der Waals surface area contributed by atoms with Crippen LogP contribution in [0.3, 0.4) is 0 Å². The highest BCUT2D eigenvalue weighted by Gasteiger charge is 2.45. The van der Waals surface area contributed by atoms with Crippen LogP contribution in [-0.2, 0) is 9.84 Å². The summed E-state index contributed by atoms with van der Waals surface area (Å²) in [5.41, 5.74) is 0. The van der Waals surface area contributed by atoms with Crippen molar-refractivity contribution in [2.24, 2.45) is 5.92 Å². The van der Waals surface area contributed by atoms with Crippen molar-refractivity contribution >= 4 is 41.7 Å². The van der Waals surface area contributed by atoms with Gasteiger partial charge in [-0.2, -0.15) is 0 Å². The third kappa shape index (κ3) is 1.84. The summed E-state index contributed by atoms with van der Waals surface area (Å²) in [5, 5.41) is -0.0642. The van der Waals surface area contributed by atoms with Crippen LogP contribution in [0.4, 0.5) is 0 Å². The Hall–Kier alpha value is 0.910. The van der Waals surface area contributed by atoms with Gasteiger partial charge < -0.3 is 0 Å². The Morgan fingerprint density at radius 2 is 1.69 bits per heavy atom. The van der Waals surface area contributed by atoms with Crippen molar-refractivity contribution in [3.63, 3.8) is 0 Å². The van der Waals surface area contributed by atoms with Gasteiger partial charge in [0.1, 0.15) is 0 Å². The van der Waals surface area contributed by atoms with Crippen LogP contribution >= 0.6 is 31.9 Å². The summed E-state index contributed by atoms with van der Waals surface area (Å²) in [6.07, 6.45) is 2.65. The average Bonchev–Trinajstić information content (AvgIpc) is 2.31. The molecule has 0 aromatic carbocycles. The molecule has 2 rings (SSSR count). The van der Waals surface area contributed by atoms with Crippen LogP contribution in [0.1, 0.15) is 19.3 Å². The second-order valence-electron chi connectivity index (χ2n) is 3.96. The molecule has 1 saturated carbocycles. The highest BCUT2D eigenvalue weighted by Crippen LogP contribution is 2.42. The van der Waals surface area contributed by atoms with E-state index in [9.17, 15) is 8.42 Å². The third-order valence-electron chi connectivity index (χ3n) is 3.14. The largest absolute Gasteiger partial charge is 0.229 e. The van der Waals surface area contributed by atoms with E-state index in [1.807, 2.05) is 0 Å². The highest BCUT2D eigenvalue weighted by atomic mass is 79.9. The zero-order valence-electron chi connectivity index (χ0n) is 7.12. The second kappa shape index (κ2) is 3.49. The van der Waals surface area contributed by atoms with Gasteiger partial charge >= 0.3 is 0 Å². The van der Waals surface area contributed by atoms with Crippen LogP contribution in [0.5, 0.6) is 0 Å². The van der Waals surface area contributed by atoms with Gasteiger partial charge in [-0.1, -0.05) is 31.9 Å². The van der Waals surface area contributed by atoms with Gasteiger partial charge in [-0.05, 0) is 25.2 Å². The summed E-state index contributed by atoms with van der Waals surface area (Å²) in [5.74, 6) is 0.810. The van der Waals surface area contributed by atoms with Crippen molar-refractivity contribution < 1.29 is 8.42 Å². The molecular formula is C8H12Br2O2S. The van der Waals surface area contributed by atoms with Gasteiger partial charge in [-0.25, -0.2) is 8.42 Å². The maximum Gasteiger partial charge on any atom is 0.153 e. The predicted molar refractivity (Wildman–Crippen MR) is 60.3 cm³/mol. The van der Waals surface area contributed by atoms with E-state index in [4.69, 9.17) is 0 Å². The van der Waals surface area contributed by atoms with Gasteiger partial charge in [0.15, 0.2) is 9.84 Å². The molecule has 1 saturated heterocycles. The minimum Gasteiger partial charge on any atom is -0.229 e. The highest BCUT2D eigenvalue weighted by molar-refractivity contribution is 9.12. The fourth-order valence-corrected chi connectivity index (χ4v) is 6.19. The first-order valence-electron chi connectivity index (χ1n) is 4.50. The molecule has 4 atom stereocenters. The topological polar surface area (TPSA) is 34.1 Å². The first-order chi connectivity index (χ1) is 6.00. The van der Waals surface area contributed by atoms with Crippen molar-refractivity contribution in [2.75, 3.05) is 5.75 Å². The Labute approximate surface area is 95.6 Å². The number of alkyl halides is 2. The first kappa shape index (κ1) is 10.4. The number of halogens is 2. The van der Waals surface area contributed by atoms with Crippen LogP contribution < -0.4 is 0 Å². The molecule has 0 spiro atoms. The summed E-state index contributed by atoms with van der Waals surface area (Å²) in [6, 6.07) is 0. The van der Waals surface area contributed by atoms with E-state index in [0.29, 0.717) is 21.3 Å². The summed E-state index contributed by atoms with van der Waals surface area (Å²) >= 11 is 7.12. The number of hydrogen-bond donors (Lipinski definition) is 0.